The number of fused-ring (bicyclic) bond motifs is 1. The van der Waals surface area contributed by atoms with Gasteiger partial charge in [0.05, 0.1) is 11.9 Å². The van der Waals surface area contributed by atoms with Gasteiger partial charge in [0.2, 0.25) is 0 Å². The zero-order chi connectivity index (χ0) is 23.5. The highest BCUT2D eigenvalue weighted by Gasteiger charge is 2.30. The molecule has 7 heteroatoms. The lowest BCUT2D eigenvalue weighted by atomic mass is 10.0. The van der Waals surface area contributed by atoms with Crippen LogP contribution in [0.15, 0.2) is 77.4 Å². The molecule has 0 unspecified atom stereocenters. The largest absolute Gasteiger partial charge is 0.459 e. The Kier molecular flexibility index (Phi) is 5.94. The second-order valence-corrected chi connectivity index (χ2v) is 8.89. The summed E-state index contributed by atoms with van der Waals surface area (Å²) in [4.78, 5) is 25.7. The number of carbonyl (C=O) groups excluding carboxylic acids is 2. The van der Waals surface area contributed by atoms with E-state index < -0.39 is 0 Å². The van der Waals surface area contributed by atoms with Crippen LogP contribution in [0, 0.1) is 0 Å². The molecule has 174 valence electrons. The van der Waals surface area contributed by atoms with Gasteiger partial charge in [-0.1, -0.05) is 30.3 Å². The summed E-state index contributed by atoms with van der Waals surface area (Å²) in [6.07, 6.45) is 3.40. The molecule has 2 amide bonds. The normalized spacial score (nSPS) is 17.7. The molecule has 3 heterocycles. The molecule has 0 spiro atoms. The molecule has 0 aliphatic carbocycles. The van der Waals surface area contributed by atoms with Crippen molar-refractivity contribution in [1.82, 2.24) is 9.88 Å². The molecule has 0 radical (unpaired) electrons. The third-order valence-corrected chi connectivity index (χ3v) is 6.24. The monoisotopic (exact) mass is 457 g/mol. The summed E-state index contributed by atoms with van der Waals surface area (Å²) < 4.78 is 13.0. The number of anilines is 1. The van der Waals surface area contributed by atoms with E-state index in [1.54, 1.807) is 12.1 Å². The second kappa shape index (κ2) is 9.19. The Bertz CT molecular complexity index is 1300. The molecule has 4 aromatic rings. The SMILES string of the molecule is C[C@]1(CNC(=O)c2cc3cc(NC(=O)c4ccco4)ccc3n2Cc2ccccc2)CCCO1. The number of aromatic nitrogens is 1. The van der Waals surface area contributed by atoms with Gasteiger partial charge in [-0.15, -0.1) is 0 Å². The van der Waals surface area contributed by atoms with Crippen LogP contribution in [0.2, 0.25) is 0 Å². The van der Waals surface area contributed by atoms with E-state index in [1.165, 1.54) is 6.26 Å². The van der Waals surface area contributed by atoms with Crippen LogP contribution in [0.3, 0.4) is 0 Å². The molecule has 5 rings (SSSR count). The summed E-state index contributed by atoms with van der Waals surface area (Å²) in [5.41, 5.74) is 2.87. The van der Waals surface area contributed by atoms with Crippen LogP contribution < -0.4 is 10.6 Å². The molecule has 1 fully saturated rings. The van der Waals surface area contributed by atoms with Crippen LogP contribution >= 0.6 is 0 Å². The van der Waals surface area contributed by atoms with Crippen LogP contribution in [0.5, 0.6) is 0 Å². The van der Waals surface area contributed by atoms with Gasteiger partial charge in [0.15, 0.2) is 5.76 Å². The highest BCUT2D eigenvalue weighted by atomic mass is 16.5. The summed E-state index contributed by atoms with van der Waals surface area (Å²) >= 11 is 0. The van der Waals surface area contributed by atoms with E-state index in [-0.39, 0.29) is 23.2 Å². The fourth-order valence-electron chi connectivity index (χ4n) is 4.41. The minimum absolute atomic E-state index is 0.148. The second-order valence-electron chi connectivity index (χ2n) is 8.89. The fourth-order valence-corrected chi connectivity index (χ4v) is 4.41. The van der Waals surface area contributed by atoms with Crippen molar-refractivity contribution in [1.29, 1.82) is 0 Å². The molecule has 0 saturated carbocycles. The van der Waals surface area contributed by atoms with Crippen molar-refractivity contribution < 1.29 is 18.7 Å². The van der Waals surface area contributed by atoms with E-state index in [9.17, 15) is 9.59 Å². The molecule has 1 saturated heterocycles. The average Bonchev–Trinajstić information content (AvgIpc) is 3.59. The predicted molar refractivity (Wildman–Crippen MR) is 130 cm³/mol. The quantitative estimate of drug-likeness (QED) is 0.416. The third kappa shape index (κ3) is 4.61. The molecule has 34 heavy (non-hydrogen) atoms. The fraction of sp³-hybridized carbons (Fsp3) is 0.259. The number of benzene rings is 2. The standard InChI is InChI=1S/C27H27N3O4/c1-27(12-6-14-34-27)18-28-25(31)23-16-20-15-21(29-26(32)24-9-5-13-33-24)10-11-22(20)30(23)17-19-7-3-2-4-8-19/h2-5,7-11,13,15-16H,6,12,14,17-18H2,1H3,(H,28,31)(H,29,32)/t27-/m1/s1. The van der Waals surface area contributed by atoms with Gasteiger partial charge in [-0.3, -0.25) is 9.59 Å². The Morgan fingerprint density at radius 1 is 1.03 bits per heavy atom. The first kappa shape index (κ1) is 22.0. The van der Waals surface area contributed by atoms with Crippen molar-refractivity contribution >= 4 is 28.4 Å². The van der Waals surface area contributed by atoms with Gasteiger partial charge < -0.3 is 24.4 Å². The lowest BCUT2D eigenvalue weighted by Gasteiger charge is -2.23. The average molecular weight is 458 g/mol. The Morgan fingerprint density at radius 3 is 2.62 bits per heavy atom. The van der Waals surface area contributed by atoms with Gasteiger partial charge in [0.1, 0.15) is 5.69 Å². The number of nitrogens with one attached hydrogen (secondary N) is 2. The maximum Gasteiger partial charge on any atom is 0.291 e. The highest BCUT2D eigenvalue weighted by molar-refractivity contribution is 6.04. The Labute approximate surface area is 197 Å². The summed E-state index contributed by atoms with van der Waals surface area (Å²) in [5.74, 6) is -0.231. The molecule has 2 aromatic heterocycles. The van der Waals surface area contributed by atoms with E-state index >= 15 is 0 Å². The summed E-state index contributed by atoms with van der Waals surface area (Å²) in [6, 6.07) is 20.8. The van der Waals surface area contributed by atoms with Crippen LogP contribution in [0.4, 0.5) is 5.69 Å². The van der Waals surface area contributed by atoms with Gasteiger partial charge in [-0.25, -0.2) is 0 Å². The van der Waals surface area contributed by atoms with Crippen molar-refractivity contribution in [2.75, 3.05) is 18.5 Å². The maximum absolute atomic E-state index is 13.3. The first-order valence-electron chi connectivity index (χ1n) is 11.4. The minimum atomic E-state index is -0.324. The van der Waals surface area contributed by atoms with E-state index in [4.69, 9.17) is 9.15 Å². The van der Waals surface area contributed by atoms with Crippen molar-refractivity contribution in [2.24, 2.45) is 0 Å². The van der Waals surface area contributed by atoms with Crippen LogP contribution in [0.25, 0.3) is 10.9 Å². The molecule has 1 atom stereocenters. The number of carbonyl (C=O) groups is 2. The Balaban J connectivity index is 1.45. The molecule has 1 aliphatic heterocycles. The van der Waals surface area contributed by atoms with Crippen molar-refractivity contribution in [3.05, 3.63) is 90.0 Å². The van der Waals surface area contributed by atoms with Gasteiger partial charge in [-0.2, -0.15) is 0 Å². The minimum Gasteiger partial charge on any atom is -0.459 e. The van der Waals surface area contributed by atoms with E-state index in [2.05, 4.69) is 10.6 Å². The highest BCUT2D eigenvalue weighted by Crippen LogP contribution is 2.27. The first-order chi connectivity index (χ1) is 16.5. The number of hydrogen-bond donors (Lipinski definition) is 2. The van der Waals surface area contributed by atoms with E-state index in [0.29, 0.717) is 24.5 Å². The summed E-state index contributed by atoms with van der Waals surface area (Å²) in [5, 5.41) is 6.78. The molecular weight excluding hydrogens is 430 g/mol. The smallest absolute Gasteiger partial charge is 0.291 e. The lowest BCUT2D eigenvalue weighted by Crippen LogP contribution is -2.40. The summed E-state index contributed by atoms with van der Waals surface area (Å²) in [7, 11) is 0. The zero-order valence-electron chi connectivity index (χ0n) is 19.0. The number of furan rings is 1. The van der Waals surface area contributed by atoms with Gasteiger partial charge in [-0.05, 0) is 61.7 Å². The lowest BCUT2D eigenvalue weighted by molar-refractivity contribution is 0.0205. The number of hydrogen-bond acceptors (Lipinski definition) is 4. The number of ether oxygens (including phenoxy) is 1. The van der Waals surface area contributed by atoms with Gasteiger partial charge in [0, 0.05) is 36.3 Å². The van der Waals surface area contributed by atoms with Crippen molar-refractivity contribution in [3.8, 4) is 0 Å². The Hall–Kier alpha value is -3.84. The topological polar surface area (TPSA) is 85.5 Å². The van der Waals surface area contributed by atoms with Crippen molar-refractivity contribution in [2.45, 2.75) is 31.9 Å². The van der Waals surface area contributed by atoms with Crippen molar-refractivity contribution in [3.63, 3.8) is 0 Å². The van der Waals surface area contributed by atoms with E-state index in [1.807, 2.05) is 66.1 Å². The number of amides is 2. The van der Waals surface area contributed by atoms with Gasteiger partial charge in [0.25, 0.3) is 11.8 Å². The molecule has 2 N–H and O–H groups in total. The number of nitrogens with zero attached hydrogens (tertiary/aromatic N) is 1. The first-order valence-corrected chi connectivity index (χ1v) is 11.4. The molecule has 2 aromatic carbocycles. The van der Waals surface area contributed by atoms with Crippen LogP contribution in [0.1, 0.15) is 46.4 Å². The zero-order valence-corrected chi connectivity index (χ0v) is 19.0. The van der Waals surface area contributed by atoms with E-state index in [0.717, 1.165) is 35.9 Å². The predicted octanol–water partition coefficient (Wildman–Crippen LogP) is 4.83. The van der Waals surface area contributed by atoms with Crippen LogP contribution in [-0.4, -0.2) is 35.1 Å². The molecular formula is C27H27N3O4. The Morgan fingerprint density at radius 2 is 1.88 bits per heavy atom. The molecule has 7 nitrogen and oxygen atoms in total. The van der Waals surface area contributed by atoms with Gasteiger partial charge >= 0.3 is 0 Å². The maximum atomic E-state index is 13.3. The third-order valence-electron chi connectivity index (χ3n) is 6.24. The number of rotatable bonds is 7. The van der Waals surface area contributed by atoms with Crippen LogP contribution in [-0.2, 0) is 11.3 Å². The summed E-state index contributed by atoms with van der Waals surface area (Å²) in [6.45, 7) is 3.78. The molecule has 1 aliphatic rings. The molecule has 0 bridgehead atoms.